The quantitative estimate of drug-likeness (QED) is 0.507. The molecule has 0 atom stereocenters. The molecule has 0 aliphatic heterocycles. The second kappa shape index (κ2) is 2.95. The number of anilines is 1. The maximum Gasteiger partial charge on any atom is 0.145 e. The lowest BCUT2D eigenvalue weighted by atomic mass is 10.1. The zero-order valence-electron chi connectivity index (χ0n) is 7.23. The van der Waals surface area contributed by atoms with E-state index in [1.807, 2.05) is 0 Å². The summed E-state index contributed by atoms with van der Waals surface area (Å²) in [6.07, 6.45) is 0. The van der Waals surface area contributed by atoms with Gasteiger partial charge in [-0.2, -0.15) is 5.10 Å². The average molecular weight is 191 g/mol. The van der Waals surface area contributed by atoms with Gasteiger partial charge in [0.25, 0.3) is 0 Å². The summed E-state index contributed by atoms with van der Waals surface area (Å²) < 4.78 is 0. The molecule has 72 valence electrons. The van der Waals surface area contributed by atoms with E-state index in [4.69, 9.17) is 5.73 Å². The number of nitrogen functional groups attached to an aromatic ring is 1. The number of phenols is 2. The second-order valence-corrected chi connectivity index (χ2v) is 2.91. The Hall–Kier alpha value is -2.17. The molecule has 2 rings (SSSR count). The predicted octanol–water partition coefficient (Wildman–Crippen LogP) is 1.07. The van der Waals surface area contributed by atoms with Crippen LogP contribution in [0.25, 0.3) is 11.3 Å². The van der Waals surface area contributed by atoms with E-state index in [0.29, 0.717) is 17.1 Å². The molecule has 0 aliphatic rings. The van der Waals surface area contributed by atoms with E-state index in [0.717, 1.165) is 0 Å². The van der Waals surface area contributed by atoms with Crippen LogP contribution in [0.15, 0.2) is 24.3 Å². The number of hydrogen-bond donors (Lipinski definition) is 4. The smallest absolute Gasteiger partial charge is 0.145 e. The summed E-state index contributed by atoms with van der Waals surface area (Å²) in [5.74, 6) is 0.472. The van der Waals surface area contributed by atoms with Gasteiger partial charge in [0, 0.05) is 11.6 Å². The molecule has 0 fully saturated rings. The normalized spacial score (nSPS) is 10.3. The summed E-state index contributed by atoms with van der Waals surface area (Å²) in [5.41, 5.74) is 6.45. The number of nitrogens with one attached hydrogen (secondary N) is 1. The molecule has 5 heteroatoms. The lowest BCUT2D eigenvalue weighted by Gasteiger charge is -2.01. The van der Waals surface area contributed by atoms with Crippen molar-refractivity contribution in [3.63, 3.8) is 0 Å². The van der Waals surface area contributed by atoms with Gasteiger partial charge in [-0.05, 0) is 18.2 Å². The Kier molecular flexibility index (Phi) is 1.78. The van der Waals surface area contributed by atoms with Crippen molar-refractivity contribution in [3.05, 3.63) is 24.3 Å². The molecule has 0 radical (unpaired) electrons. The van der Waals surface area contributed by atoms with Gasteiger partial charge in [0.2, 0.25) is 0 Å². The molecule has 0 aliphatic carbocycles. The van der Waals surface area contributed by atoms with Gasteiger partial charge >= 0.3 is 0 Å². The van der Waals surface area contributed by atoms with E-state index >= 15 is 0 Å². The Morgan fingerprint density at radius 3 is 2.64 bits per heavy atom. The fraction of sp³-hybridized carbons (Fsp3) is 0. The van der Waals surface area contributed by atoms with Gasteiger partial charge in [-0.15, -0.1) is 0 Å². The van der Waals surface area contributed by atoms with Crippen LogP contribution in [0.3, 0.4) is 0 Å². The first-order chi connectivity index (χ1) is 6.66. The molecular formula is C9H9N3O2. The van der Waals surface area contributed by atoms with Crippen molar-refractivity contribution in [3.8, 4) is 22.8 Å². The predicted molar refractivity (Wildman–Crippen MR) is 51.8 cm³/mol. The van der Waals surface area contributed by atoms with Crippen molar-refractivity contribution in [2.45, 2.75) is 0 Å². The number of nitrogens with zero attached hydrogens (tertiary/aromatic N) is 1. The average Bonchev–Trinajstić information content (AvgIpc) is 2.56. The second-order valence-electron chi connectivity index (χ2n) is 2.91. The zero-order chi connectivity index (χ0) is 10.1. The zero-order valence-corrected chi connectivity index (χ0v) is 7.23. The van der Waals surface area contributed by atoms with Gasteiger partial charge in [0.05, 0.1) is 5.69 Å². The number of phenolic OH excluding ortho intramolecular Hbond substituents is 2. The van der Waals surface area contributed by atoms with Gasteiger partial charge in [-0.25, -0.2) is 0 Å². The maximum atomic E-state index is 9.50. The Labute approximate surface area is 79.8 Å². The van der Waals surface area contributed by atoms with Gasteiger partial charge in [-0.3, -0.25) is 5.10 Å². The Balaban J connectivity index is 2.55. The van der Waals surface area contributed by atoms with E-state index in [1.165, 1.54) is 18.2 Å². The Morgan fingerprint density at radius 2 is 2.00 bits per heavy atom. The minimum atomic E-state index is 0.0615. The van der Waals surface area contributed by atoms with Crippen LogP contribution in [0, 0.1) is 0 Å². The Bertz CT molecular complexity index is 465. The highest BCUT2D eigenvalue weighted by atomic mass is 16.3. The highest BCUT2D eigenvalue weighted by Crippen LogP contribution is 2.31. The van der Waals surface area contributed by atoms with Crippen LogP contribution < -0.4 is 5.73 Å². The van der Waals surface area contributed by atoms with Crippen molar-refractivity contribution in [2.24, 2.45) is 0 Å². The molecule has 2 aromatic rings. The largest absolute Gasteiger partial charge is 0.508 e. The highest BCUT2D eigenvalue weighted by molar-refractivity contribution is 5.70. The van der Waals surface area contributed by atoms with Crippen LogP contribution in [0.1, 0.15) is 0 Å². The summed E-state index contributed by atoms with van der Waals surface area (Å²) in [4.78, 5) is 0. The standard InChI is InChI=1S/C9H9N3O2/c10-9-4-7(11-12-9)6-3-5(13)1-2-8(6)14/h1-4,13-14H,(H3,10,11,12). The van der Waals surface area contributed by atoms with E-state index in [-0.39, 0.29) is 11.5 Å². The number of aromatic hydroxyl groups is 2. The molecule has 0 spiro atoms. The third-order valence-electron chi connectivity index (χ3n) is 1.87. The molecular weight excluding hydrogens is 182 g/mol. The minimum absolute atomic E-state index is 0.0615. The first kappa shape index (κ1) is 8.43. The molecule has 1 aromatic carbocycles. The van der Waals surface area contributed by atoms with Gasteiger partial charge < -0.3 is 15.9 Å². The van der Waals surface area contributed by atoms with Crippen LogP contribution in [-0.2, 0) is 0 Å². The van der Waals surface area contributed by atoms with Gasteiger partial charge in [0.15, 0.2) is 0 Å². The SMILES string of the molecule is Nc1cc(-c2cc(O)ccc2O)[nH]n1. The van der Waals surface area contributed by atoms with Crippen molar-refractivity contribution >= 4 is 5.82 Å². The first-order valence-electron chi connectivity index (χ1n) is 4.00. The number of benzene rings is 1. The van der Waals surface area contributed by atoms with E-state index < -0.39 is 0 Å². The Morgan fingerprint density at radius 1 is 1.21 bits per heavy atom. The van der Waals surface area contributed by atoms with Crippen molar-refractivity contribution in [1.29, 1.82) is 0 Å². The molecule has 0 saturated carbocycles. The van der Waals surface area contributed by atoms with Gasteiger partial charge in [-0.1, -0.05) is 0 Å². The molecule has 0 bridgehead atoms. The van der Waals surface area contributed by atoms with Crippen LogP contribution in [0.5, 0.6) is 11.5 Å². The number of rotatable bonds is 1. The number of aromatic nitrogens is 2. The number of H-pyrrole nitrogens is 1. The van der Waals surface area contributed by atoms with E-state index in [1.54, 1.807) is 6.07 Å². The lowest BCUT2D eigenvalue weighted by Crippen LogP contribution is -1.81. The summed E-state index contributed by atoms with van der Waals surface area (Å²) in [7, 11) is 0. The third-order valence-corrected chi connectivity index (χ3v) is 1.87. The van der Waals surface area contributed by atoms with Crippen molar-refractivity contribution < 1.29 is 10.2 Å². The molecule has 14 heavy (non-hydrogen) atoms. The molecule has 1 aromatic heterocycles. The van der Waals surface area contributed by atoms with E-state index in [9.17, 15) is 10.2 Å². The van der Waals surface area contributed by atoms with Crippen LogP contribution in [0.2, 0.25) is 0 Å². The first-order valence-corrected chi connectivity index (χ1v) is 4.00. The van der Waals surface area contributed by atoms with Crippen LogP contribution in [0.4, 0.5) is 5.82 Å². The van der Waals surface area contributed by atoms with Gasteiger partial charge in [0.1, 0.15) is 17.3 Å². The van der Waals surface area contributed by atoms with Crippen LogP contribution >= 0.6 is 0 Å². The summed E-state index contributed by atoms with van der Waals surface area (Å²) >= 11 is 0. The highest BCUT2D eigenvalue weighted by Gasteiger charge is 2.07. The molecule has 0 amide bonds. The van der Waals surface area contributed by atoms with Crippen molar-refractivity contribution in [2.75, 3.05) is 5.73 Å². The molecule has 1 heterocycles. The third kappa shape index (κ3) is 1.35. The summed E-state index contributed by atoms with van der Waals surface area (Å²) in [6, 6.07) is 5.82. The number of hydrogen-bond acceptors (Lipinski definition) is 4. The topological polar surface area (TPSA) is 95.2 Å². The fourth-order valence-corrected chi connectivity index (χ4v) is 1.21. The molecule has 0 saturated heterocycles. The lowest BCUT2D eigenvalue weighted by molar-refractivity contribution is 0.461. The van der Waals surface area contributed by atoms with Crippen LogP contribution in [-0.4, -0.2) is 20.4 Å². The molecule has 5 nitrogen and oxygen atoms in total. The maximum absolute atomic E-state index is 9.50. The monoisotopic (exact) mass is 191 g/mol. The minimum Gasteiger partial charge on any atom is -0.508 e. The fourth-order valence-electron chi connectivity index (χ4n) is 1.21. The summed E-state index contributed by atoms with van der Waals surface area (Å²) in [5, 5.41) is 25.1. The number of nitrogens with two attached hydrogens (primary N) is 1. The van der Waals surface area contributed by atoms with E-state index in [2.05, 4.69) is 10.2 Å². The number of aromatic amines is 1. The summed E-state index contributed by atoms with van der Waals surface area (Å²) in [6.45, 7) is 0. The van der Waals surface area contributed by atoms with Crippen molar-refractivity contribution in [1.82, 2.24) is 10.2 Å². The molecule has 5 N–H and O–H groups in total. The molecule has 0 unspecified atom stereocenters.